The Hall–Kier alpha value is -1.34. The zero-order chi connectivity index (χ0) is 12.8. The first-order chi connectivity index (χ1) is 8.81. The Kier molecular flexibility index (Phi) is 4.77. The molecule has 1 aliphatic rings. The van der Waals surface area contributed by atoms with E-state index in [1.807, 2.05) is 9.47 Å². The first kappa shape index (κ1) is 13.1. The lowest BCUT2D eigenvalue weighted by Crippen LogP contribution is -2.41. The number of carbonyl (C=O) groups excluding carboxylic acids is 1. The van der Waals surface area contributed by atoms with Crippen molar-refractivity contribution in [2.45, 2.75) is 11.7 Å². The lowest BCUT2D eigenvalue weighted by molar-refractivity contribution is -0.132. The van der Waals surface area contributed by atoms with Gasteiger partial charge in [-0.25, -0.2) is 0 Å². The maximum atomic E-state index is 11.9. The molecule has 0 saturated carbocycles. The Morgan fingerprint density at radius 2 is 2.33 bits per heavy atom. The van der Waals surface area contributed by atoms with E-state index in [0.29, 0.717) is 38.6 Å². The number of hydrogen-bond donors (Lipinski definition) is 0. The van der Waals surface area contributed by atoms with Crippen LogP contribution >= 0.6 is 11.8 Å². The molecule has 0 spiro atoms. The topological polar surface area (TPSA) is 60.2 Å². The first-order valence-electron chi connectivity index (χ1n) is 5.78. The fourth-order valence-corrected chi connectivity index (χ4v) is 2.48. The van der Waals surface area contributed by atoms with Gasteiger partial charge in [-0.15, -0.1) is 16.8 Å². The molecular formula is C11H16N4O2S. The van der Waals surface area contributed by atoms with E-state index in [2.05, 4.69) is 16.8 Å². The lowest BCUT2D eigenvalue weighted by Gasteiger charge is -2.26. The fourth-order valence-electron chi connectivity index (χ4n) is 1.65. The average Bonchev–Trinajstić information content (AvgIpc) is 2.85. The molecule has 0 atom stereocenters. The highest BCUT2D eigenvalue weighted by atomic mass is 32.2. The molecule has 1 amide bonds. The smallest absolute Gasteiger partial charge is 0.233 e. The van der Waals surface area contributed by atoms with Crippen molar-refractivity contribution in [3.05, 3.63) is 19.0 Å². The number of ether oxygens (including phenoxy) is 1. The van der Waals surface area contributed by atoms with Gasteiger partial charge in [0, 0.05) is 19.6 Å². The van der Waals surface area contributed by atoms with Crippen molar-refractivity contribution >= 4 is 17.7 Å². The summed E-state index contributed by atoms with van der Waals surface area (Å²) in [6.45, 7) is 6.94. The van der Waals surface area contributed by atoms with Crippen LogP contribution in [0.3, 0.4) is 0 Å². The van der Waals surface area contributed by atoms with Gasteiger partial charge in [0.15, 0.2) is 5.16 Å². The second kappa shape index (κ2) is 6.55. The number of amides is 1. The van der Waals surface area contributed by atoms with Crippen LogP contribution in [0.4, 0.5) is 0 Å². The maximum Gasteiger partial charge on any atom is 0.233 e. The Balaban J connectivity index is 1.84. The van der Waals surface area contributed by atoms with Gasteiger partial charge in [-0.3, -0.25) is 4.79 Å². The number of morpholine rings is 1. The van der Waals surface area contributed by atoms with Gasteiger partial charge in [0.1, 0.15) is 6.33 Å². The summed E-state index contributed by atoms with van der Waals surface area (Å²) in [5, 5.41) is 8.56. The van der Waals surface area contributed by atoms with E-state index in [9.17, 15) is 4.79 Å². The second-order valence-electron chi connectivity index (χ2n) is 3.84. The molecule has 18 heavy (non-hydrogen) atoms. The highest BCUT2D eigenvalue weighted by Crippen LogP contribution is 2.15. The monoisotopic (exact) mass is 268 g/mol. The molecule has 0 aromatic carbocycles. The molecule has 1 aromatic heterocycles. The summed E-state index contributed by atoms with van der Waals surface area (Å²) in [4.78, 5) is 13.8. The van der Waals surface area contributed by atoms with Gasteiger partial charge in [-0.2, -0.15) is 0 Å². The molecule has 0 bridgehead atoms. The van der Waals surface area contributed by atoms with E-state index in [0.717, 1.165) is 5.16 Å². The Bertz CT molecular complexity index is 415. The molecular weight excluding hydrogens is 252 g/mol. The minimum atomic E-state index is 0.122. The van der Waals surface area contributed by atoms with Crippen LogP contribution in [0, 0.1) is 0 Å². The van der Waals surface area contributed by atoms with E-state index >= 15 is 0 Å². The van der Waals surface area contributed by atoms with E-state index in [4.69, 9.17) is 4.74 Å². The van der Waals surface area contributed by atoms with E-state index in [-0.39, 0.29) is 5.91 Å². The van der Waals surface area contributed by atoms with Gasteiger partial charge >= 0.3 is 0 Å². The summed E-state index contributed by atoms with van der Waals surface area (Å²) in [5.74, 6) is 0.506. The quantitative estimate of drug-likeness (QED) is 0.572. The van der Waals surface area contributed by atoms with Crippen molar-refractivity contribution in [3.63, 3.8) is 0 Å². The summed E-state index contributed by atoms with van der Waals surface area (Å²) in [5.41, 5.74) is 0. The summed E-state index contributed by atoms with van der Waals surface area (Å²) in [7, 11) is 0. The lowest BCUT2D eigenvalue weighted by atomic mass is 10.4. The van der Waals surface area contributed by atoms with Gasteiger partial charge in [-0.1, -0.05) is 17.8 Å². The van der Waals surface area contributed by atoms with Crippen molar-refractivity contribution in [2.75, 3.05) is 32.1 Å². The van der Waals surface area contributed by atoms with Gasteiger partial charge < -0.3 is 14.2 Å². The van der Waals surface area contributed by atoms with Gasteiger partial charge in [0.2, 0.25) is 5.91 Å². The second-order valence-corrected chi connectivity index (χ2v) is 4.78. The van der Waals surface area contributed by atoms with Crippen molar-refractivity contribution < 1.29 is 9.53 Å². The fraction of sp³-hybridized carbons (Fsp3) is 0.545. The molecule has 1 saturated heterocycles. The molecule has 0 N–H and O–H groups in total. The summed E-state index contributed by atoms with van der Waals surface area (Å²) < 4.78 is 7.08. The van der Waals surface area contributed by atoms with Crippen LogP contribution in [-0.2, 0) is 16.1 Å². The molecule has 1 aromatic rings. The molecule has 0 unspecified atom stereocenters. The predicted molar refractivity (Wildman–Crippen MR) is 68.3 cm³/mol. The normalized spacial score (nSPS) is 15.7. The number of carbonyl (C=O) groups is 1. The number of rotatable bonds is 5. The third-order valence-corrected chi connectivity index (χ3v) is 3.56. The van der Waals surface area contributed by atoms with Crippen LogP contribution < -0.4 is 0 Å². The zero-order valence-corrected chi connectivity index (χ0v) is 10.9. The number of nitrogens with zero attached hydrogens (tertiary/aromatic N) is 4. The molecule has 7 heteroatoms. The van der Waals surface area contributed by atoms with Crippen LogP contribution in [0.1, 0.15) is 0 Å². The summed E-state index contributed by atoms with van der Waals surface area (Å²) in [6.07, 6.45) is 3.42. The molecule has 1 fully saturated rings. The Morgan fingerprint density at radius 3 is 3.06 bits per heavy atom. The predicted octanol–water partition coefficient (Wildman–Crippen LogP) is 0.415. The molecule has 1 aliphatic heterocycles. The standard InChI is InChI=1S/C11H16N4O2S/c1-2-3-15-9-12-13-11(15)18-8-10(16)14-4-6-17-7-5-14/h2,9H,1,3-8H2. The van der Waals surface area contributed by atoms with E-state index in [1.165, 1.54) is 11.8 Å². The van der Waals surface area contributed by atoms with Crippen molar-refractivity contribution in [1.82, 2.24) is 19.7 Å². The van der Waals surface area contributed by atoms with Crippen LogP contribution in [0.5, 0.6) is 0 Å². The Labute approximate surface area is 110 Å². The van der Waals surface area contributed by atoms with Crippen LogP contribution in [0.25, 0.3) is 0 Å². The number of hydrogen-bond acceptors (Lipinski definition) is 5. The average molecular weight is 268 g/mol. The van der Waals surface area contributed by atoms with Crippen molar-refractivity contribution in [3.8, 4) is 0 Å². The van der Waals surface area contributed by atoms with Crippen molar-refractivity contribution in [1.29, 1.82) is 0 Å². The SMILES string of the molecule is C=CCn1cnnc1SCC(=O)N1CCOCC1. The molecule has 0 aliphatic carbocycles. The summed E-state index contributed by atoms with van der Waals surface area (Å²) >= 11 is 1.40. The minimum absolute atomic E-state index is 0.122. The van der Waals surface area contributed by atoms with Gasteiger partial charge in [-0.05, 0) is 0 Å². The van der Waals surface area contributed by atoms with Gasteiger partial charge in [0.25, 0.3) is 0 Å². The molecule has 2 rings (SSSR count). The Morgan fingerprint density at radius 1 is 1.56 bits per heavy atom. The van der Waals surface area contributed by atoms with Crippen molar-refractivity contribution in [2.24, 2.45) is 0 Å². The maximum absolute atomic E-state index is 11.9. The highest BCUT2D eigenvalue weighted by Gasteiger charge is 2.17. The number of thioether (sulfide) groups is 1. The molecule has 98 valence electrons. The van der Waals surface area contributed by atoms with Crippen LogP contribution in [0.15, 0.2) is 24.1 Å². The van der Waals surface area contributed by atoms with Crippen LogP contribution in [0.2, 0.25) is 0 Å². The molecule has 6 nitrogen and oxygen atoms in total. The van der Waals surface area contributed by atoms with Crippen LogP contribution in [-0.4, -0.2) is 57.6 Å². The third kappa shape index (κ3) is 3.33. The number of allylic oxidation sites excluding steroid dienone is 1. The minimum Gasteiger partial charge on any atom is -0.378 e. The highest BCUT2D eigenvalue weighted by molar-refractivity contribution is 7.99. The van der Waals surface area contributed by atoms with E-state index in [1.54, 1.807) is 12.4 Å². The summed E-state index contributed by atoms with van der Waals surface area (Å²) in [6, 6.07) is 0. The number of aromatic nitrogens is 3. The van der Waals surface area contributed by atoms with E-state index < -0.39 is 0 Å². The molecule has 2 heterocycles. The zero-order valence-electron chi connectivity index (χ0n) is 10.1. The third-order valence-electron chi connectivity index (χ3n) is 2.59. The largest absolute Gasteiger partial charge is 0.378 e. The van der Waals surface area contributed by atoms with Gasteiger partial charge in [0.05, 0.1) is 19.0 Å². The first-order valence-corrected chi connectivity index (χ1v) is 6.77. The molecule has 0 radical (unpaired) electrons.